The first-order valence-electron chi connectivity index (χ1n) is 16.4. The number of hydrogen-bond donors (Lipinski definition) is 4. The van der Waals surface area contributed by atoms with Gasteiger partial charge in [0.2, 0.25) is 10.9 Å². The van der Waals surface area contributed by atoms with Crippen molar-refractivity contribution < 1.29 is 33.3 Å². The molecule has 13 nitrogen and oxygen atoms in total. The summed E-state index contributed by atoms with van der Waals surface area (Å²) in [5.41, 5.74) is 0.627. The molecular formula is C34H36F2N6O7. The van der Waals surface area contributed by atoms with E-state index in [1.54, 1.807) is 12.1 Å². The number of aromatic nitrogens is 2. The summed E-state index contributed by atoms with van der Waals surface area (Å²) in [7, 11) is 0. The van der Waals surface area contributed by atoms with Crippen molar-refractivity contribution in [2.45, 2.75) is 37.8 Å². The Morgan fingerprint density at radius 2 is 1.14 bits per heavy atom. The standard InChI is InChI=1S/C17H18FN3O4.C17H18FN3O3/c18-12-7-11-13(8-14(12)20-5-3-19-4-6-20)21(10-1-2-10)9-15(16(11)22)25-17(23)24;18-13-7-11-14(8-15(13)20-5-3-19-4-6-20)21(10-1-2-10)9-12(16(11)22)17(23)24/h7-10,19H,1-6H2,(H,23,24);7-10,19H,1-6H2,(H,23,24). The van der Waals surface area contributed by atoms with Crippen molar-refractivity contribution in [2.24, 2.45) is 0 Å². The largest absolute Gasteiger partial charge is 0.511 e. The molecule has 4 fully saturated rings. The van der Waals surface area contributed by atoms with E-state index in [0.29, 0.717) is 48.6 Å². The second-order valence-corrected chi connectivity index (χ2v) is 12.8. The highest BCUT2D eigenvalue weighted by Crippen LogP contribution is 2.39. The van der Waals surface area contributed by atoms with Crippen LogP contribution in [0.2, 0.25) is 0 Å². The third-order valence-corrected chi connectivity index (χ3v) is 9.39. The Balaban J connectivity index is 0.000000154. The lowest BCUT2D eigenvalue weighted by molar-refractivity contribution is 0.0694. The molecule has 4 N–H and O–H groups in total. The van der Waals surface area contributed by atoms with Gasteiger partial charge in [-0.1, -0.05) is 0 Å². The lowest BCUT2D eigenvalue weighted by atomic mass is 10.1. The van der Waals surface area contributed by atoms with Gasteiger partial charge in [-0.25, -0.2) is 18.4 Å². The Kier molecular flexibility index (Phi) is 8.71. The van der Waals surface area contributed by atoms with Gasteiger partial charge in [0.25, 0.3) is 0 Å². The first-order chi connectivity index (χ1) is 23.6. The van der Waals surface area contributed by atoms with Crippen LogP contribution in [-0.4, -0.2) is 83.8 Å². The number of ether oxygens (including phenoxy) is 1. The Hall–Kier alpha value is -5.02. The highest BCUT2D eigenvalue weighted by Gasteiger charge is 2.29. The fraction of sp³-hybridized carbons (Fsp3) is 0.412. The van der Waals surface area contributed by atoms with Gasteiger partial charge in [-0.2, -0.15) is 0 Å². The van der Waals surface area contributed by atoms with E-state index < -0.39 is 34.6 Å². The molecule has 2 aliphatic carbocycles. The van der Waals surface area contributed by atoms with Crippen molar-refractivity contribution in [3.8, 4) is 5.75 Å². The van der Waals surface area contributed by atoms with Crippen LogP contribution >= 0.6 is 0 Å². The zero-order valence-electron chi connectivity index (χ0n) is 26.6. The minimum Gasteiger partial charge on any atom is -0.477 e. The van der Waals surface area contributed by atoms with Crippen LogP contribution in [0.3, 0.4) is 0 Å². The molecule has 49 heavy (non-hydrogen) atoms. The van der Waals surface area contributed by atoms with Crippen molar-refractivity contribution in [3.05, 3.63) is 74.3 Å². The number of nitrogens with one attached hydrogen (secondary N) is 2. The molecule has 0 amide bonds. The number of hydrogen-bond acceptors (Lipinski definition) is 9. The molecule has 2 saturated carbocycles. The number of carbonyl (C=O) groups is 2. The predicted molar refractivity (Wildman–Crippen MR) is 179 cm³/mol. The maximum Gasteiger partial charge on any atom is 0.511 e. The van der Waals surface area contributed by atoms with Crippen LogP contribution in [0.1, 0.15) is 48.1 Å². The third-order valence-electron chi connectivity index (χ3n) is 9.39. The fourth-order valence-electron chi connectivity index (χ4n) is 6.62. The zero-order valence-corrected chi connectivity index (χ0v) is 26.6. The SMILES string of the molecule is O=C(O)Oc1cn(C2CC2)c2cc(N3CCNCC3)c(F)cc2c1=O.O=C(O)c1cn(C2CC2)c2cc(N3CCNCC3)c(F)cc2c1=O. The molecule has 4 aromatic rings. The zero-order chi connectivity index (χ0) is 34.4. The van der Waals surface area contributed by atoms with Gasteiger partial charge in [0.1, 0.15) is 17.2 Å². The molecule has 0 atom stereocenters. The number of halogens is 2. The van der Waals surface area contributed by atoms with Gasteiger partial charge < -0.3 is 44.5 Å². The Bertz CT molecular complexity index is 2080. The first kappa shape index (κ1) is 32.5. The molecule has 2 saturated heterocycles. The monoisotopic (exact) mass is 678 g/mol. The second kappa shape index (κ2) is 13.1. The van der Waals surface area contributed by atoms with Gasteiger partial charge in [0.05, 0.1) is 34.0 Å². The summed E-state index contributed by atoms with van der Waals surface area (Å²) in [5.74, 6) is -2.53. The van der Waals surface area contributed by atoms with Crippen LogP contribution < -0.4 is 36.0 Å². The van der Waals surface area contributed by atoms with E-state index >= 15 is 0 Å². The van der Waals surface area contributed by atoms with Crippen LogP contribution in [0, 0.1) is 11.6 Å². The average Bonchev–Trinajstić information content (AvgIpc) is 4.02. The maximum absolute atomic E-state index is 14.7. The van der Waals surface area contributed by atoms with E-state index in [2.05, 4.69) is 15.4 Å². The van der Waals surface area contributed by atoms with Crippen LogP contribution in [0.25, 0.3) is 21.8 Å². The van der Waals surface area contributed by atoms with Crippen molar-refractivity contribution in [3.63, 3.8) is 0 Å². The van der Waals surface area contributed by atoms with E-state index in [1.165, 1.54) is 24.5 Å². The summed E-state index contributed by atoms with van der Waals surface area (Å²) in [4.78, 5) is 51.0. The number of pyridine rings is 2. The molecule has 2 aromatic carbocycles. The molecule has 0 unspecified atom stereocenters. The van der Waals surface area contributed by atoms with Crippen LogP contribution in [0.5, 0.6) is 5.75 Å². The number of carboxylic acid groups (broad SMARTS) is 2. The molecule has 0 radical (unpaired) electrons. The molecule has 0 bridgehead atoms. The molecular weight excluding hydrogens is 642 g/mol. The number of piperazine rings is 2. The van der Waals surface area contributed by atoms with E-state index in [0.717, 1.165) is 51.9 Å². The predicted octanol–water partition coefficient (Wildman–Crippen LogP) is 3.53. The topological polar surface area (TPSA) is 158 Å². The van der Waals surface area contributed by atoms with Gasteiger partial charge in [-0.05, 0) is 49.9 Å². The van der Waals surface area contributed by atoms with Crippen molar-refractivity contribution in [1.82, 2.24) is 19.8 Å². The quantitative estimate of drug-likeness (QED) is 0.221. The summed E-state index contributed by atoms with van der Waals surface area (Å²) >= 11 is 0. The van der Waals surface area contributed by atoms with Gasteiger partial charge >= 0.3 is 12.1 Å². The minimum absolute atomic E-state index is 0.137. The third kappa shape index (κ3) is 6.55. The lowest BCUT2D eigenvalue weighted by Crippen LogP contribution is -2.43. The lowest BCUT2D eigenvalue weighted by Gasteiger charge is -2.30. The summed E-state index contributed by atoms with van der Waals surface area (Å²) in [6.07, 6.45) is 5.03. The highest BCUT2D eigenvalue weighted by atomic mass is 19.1. The fourth-order valence-corrected chi connectivity index (χ4v) is 6.62. The van der Waals surface area contributed by atoms with Gasteiger partial charge in [0.15, 0.2) is 5.75 Å². The summed E-state index contributed by atoms with van der Waals surface area (Å²) in [6.45, 7) is 5.89. The van der Waals surface area contributed by atoms with Gasteiger partial charge in [-0.3, -0.25) is 9.59 Å². The average molecular weight is 679 g/mol. The number of nitrogens with zero attached hydrogens (tertiary/aromatic N) is 4. The Labute approximate surface area is 278 Å². The Morgan fingerprint density at radius 3 is 1.57 bits per heavy atom. The summed E-state index contributed by atoms with van der Waals surface area (Å²) in [5, 5.41) is 24.8. The number of fused-ring (bicyclic) bond motifs is 2. The minimum atomic E-state index is -1.56. The molecule has 4 heterocycles. The number of anilines is 2. The van der Waals surface area contributed by atoms with Gasteiger partial charge in [0, 0.05) is 76.0 Å². The molecule has 2 aromatic heterocycles. The highest BCUT2D eigenvalue weighted by molar-refractivity contribution is 5.93. The molecule has 4 aliphatic rings. The van der Waals surface area contributed by atoms with Crippen LogP contribution in [0.15, 0.2) is 46.2 Å². The summed E-state index contributed by atoms with van der Waals surface area (Å²) in [6, 6.07) is 6.15. The van der Waals surface area contributed by atoms with Crippen molar-refractivity contribution in [2.75, 3.05) is 62.2 Å². The molecule has 15 heteroatoms. The number of carboxylic acids is 1. The van der Waals surface area contributed by atoms with E-state index in [9.17, 15) is 33.1 Å². The molecule has 0 spiro atoms. The summed E-state index contributed by atoms with van der Waals surface area (Å²) < 4.78 is 37.5. The van der Waals surface area contributed by atoms with Crippen LogP contribution in [0.4, 0.5) is 25.0 Å². The second-order valence-electron chi connectivity index (χ2n) is 12.8. The Morgan fingerprint density at radius 1 is 0.694 bits per heavy atom. The molecule has 258 valence electrons. The number of rotatable bonds is 6. The number of aromatic carboxylic acids is 1. The van der Waals surface area contributed by atoms with Crippen molar-refractivity contribution >= 4 is 45.3 Å². The normalized spacial score (nSPS) is 17.9. The van der Waals surface area contributed by atoms with Crippen LogP contribution in [-0.2, 0) is 0 Å². The van der Waals surface area contributed by atoms with Gasteiger partial charge in [-0.15, -0.1) is 0 Å². The van der Waals surface area contributed by atoms with E-state index in [4.69, 9.17) is 5.11 Å². The molecule has 8 rings (SSSR count). The first-order valence-corrected chi connectivity index (χ1v) is 16.4. The van der Waals surface area contributed by atoms with E-state index in [-0.39, 0.29) is 34.2 Å². The van der Waals surface area contributed by atoms with Crippen molar-refractivity contribution in [1.29, 1.82) is 0 Å². The van der Waals surface area contributed by atoms with E-state index in [1.807, 2.05) is 18.9 Å². The molecule has 2 aliphatic heterocycles. The number of benzene rings is 2. The smallest absolute Gasteiger partial charge is 0.477 e. The maximum atomic E-state index is 14.7.